The molecule has 1 aliphatic rings. The highest BCUT2D eigenvalue weighted by Crippen LogP contribution is 2.25. The Hall–Kier alpha value is -3.02. The van der Waals surface area contributed by atoms with Crippen molar-refractivity contribution < 1.29 is 19.1 Å². The summed E-state index contributed by atoms with van der Waals surface area (Å²) in [6.45, 7) is 8.58. The van der Waals surface area contributed by atoms with Crippen molar-refractivity contribution in [2.45, 2.75) is 83.8 Å². The van der Waals surface area contributed by atoms with Crippen LogP contribution in [0.4, 0.5) is 0 Å². The number of carbonyl (C=O) groups is 2. The Bertz CT molecular complexity index is 975. The van der Waals surface area contributed by atoms with Gasteiger partial charge < -0.3 is 19.7 Å². The van der Waals surface area contributed by atoms with Gasteiger partial charge in [0.25, 0.3) is 5.91 Å². The molecule has 1 N–H and O–H groups in total. The highest BCUT2D eigenvalue weighted by Gasteiger charge is 2.31. The van der Waals surface area contributed by atoms with Gasteiger partial charge in [-0.3, -0.25) is 9.59 Å². The summed E-state index contributed by atoms with van der Waals surface area (Å²) in [5.41, 5.74) is 2.15. The molecule has 1 fully saturated rings. The van der Waals surface area contributed by atoms with Crippen LogP contribution in [0.5, 0.6) is 11.5 Å². The molecule has 0 aromatic heterocycles. The maximum absolute atomic E-state index is 13.4. The lowest BCUT2D eigenvalue weighted by Gasteiger charge is -2.31. The van der Waals surface area contributed by atoms with Gasteiger partial charge in [0.05, 0.1) is 7.11 Å². The Morgan fingerprint density at radius 2 is 1.74 bits per heavy atom. The summed E-state index contributed by atoms with van der Waals surface area (Å²) >= 11 is 0. The average Bonchev–Trinajstić information content (AvgIpc) is 3.35. The Balaban J connectivity index is 1.75. The lowest BCUT2D eigenvalue weighted by atomic mass is 9.87. The van der Waals surface area contributed by atoms with Crippen molar-refractivity contribution in [3.8, 4) is 11.5 Å². The molecule has 1 saturated carbocycles. The van der Waals surface area contributed by atoms with Gasteiger partial charge in [0.1, 0.15) is 17.5 Å². The molecule has 3 rings (SSSR count). The van der Waals surface area contributed by atoms with Gasteiger partial charge in [0.2, 0.25) is 5.91 Å². The predicted octanol–water partition coefficient (Wildman–Crippen LogP) is 5.24. The maximum Gasteiger partial charge on any atom is 0.261 e. The summed E-state index contributed by atoms with van der Waals surface area (Å²) in [4.78, 5) is 28.3. The van der Waals surface area contributed by atoms with E-state index in [1.54, 1.807) is 12.0 Å². The second kappa shape index (κ2) is 12.1. The number of nitrogens with one attached hydrogen (secondary N) is 1. The van der Waals surface area contributed by atoms with Crippen LogP contribution < -0.4 is 14.8 Å². The number of amides is 2. The van der Waals surface area contributed by atoms with Gasteiger partial charge in [-0.1, -0.05) is 64.8 Å². The molecular formula is C29H40N2O4. The minimum Gasteiger partial charge on any atom is -0.497 e. The fourth-order valence-electron chi connectivity index (χ4n) is 4.53. The molecular weight excluding hydrogens is 440 g/mol. The first-order valence-corrected chi connectivity index (χ1v) is 12.7. The van der Waals surface area contributed by atoms with Crippen LogP contribution in [0.2, 0.25) is 0 Å². The fourth-order valence-corrected chi connectivity index (χ4v) is 4.53. The summed E-state index contributed by atoms with van der Waals surface area (Å²) in [7, 11) is 1.62. The fraction of sp³-hybridized carbons (Fsp3) is 0.517. The number of methoxy groups -OCH3 is 1. The molecule has 0 radical (unpaired) electrons. The van der Waals surface area contributed by atoms with Gasteiger partial charge in [0.15, 0.2) is 6.61 Å². The average molecular weight is 481 g/mol. The van der Waals surface area contributed by atoms with E-state index in [9.17, 15) is 9.59 Å². The molecule has 0 heterocycles. The smallest absolute Gasteiger partial charge is 0.261 e. The molecule has 0 bridgehead atoms. The quantitative estimate of drug-likeness (QED) is 0.505. The Morgan fingerprint density at radius 1 is 1.06 bits per heavy atom. The monoisotopic (exact) mass is 480 g/mol. The minimum atomic E-state index is -0.568. The van der Waals surface area contributed by atoms with Gasteiger partial charge in [-0.15, -0.1) is 0 Å². The molecule has 0 saturated heterocycles. The SMILES string of the molecule is CC[C@H](C(=O)NC1CCCC1)N(Cc1cccc(OC)c1)C(=O)COc1ccc(C(C)(C)C)cc1. The van der Waals surface area contributed by atoms with Crippen LogP contribution in [0, 0.1) is 0 Å². The zero-order chi connectivity index (χ0) is 25.4. The molecule has 2 aromatic rings. The molecule has 6 nitrogen and oxygen atoms in total. The van der Waals surface area contributed by atoms with E-state index in [2.05, 4.69) is 26.1 Å². The summed E-state index contributed by atoms with van der Waals surface area (Å²) in [5.74, 6) is 1.04. The van der Waals surface area contributed by atoms with Crippen molar-refractivity contribution in [3.63, 3.8) is 0 Å². The molecule has 0 spiro atoms. The number of benzene rings is 2. The zero-order valence-corrected chi connectivity index (χ0v) is 21.8. The largest absolute Gasteiger partial charge is 0.497 e. The van der Waals surface area contributed by atoms with E-state index in [0.717, 1.165) is 31.2 Å². The van der Waals surface area contributed by atoms with E-state index in [1.165, 1.54) is 5.56 Å². The normalized spacial score (nSPS) is 14.9. The van der Waals surface area contributed by atoms with E-state index >= 15 is 0 Å². The van der Waals surface area contributed by atoms with E-state index < -0.39 is 6.04 Å². The number of rotatable bonds is 10. The third-order valence-electron chi connectivity index (χ3n) is 6.66. The number of hydrogen-bond acceptors (Lipinski definition) is 4. The molecule has 1 atom stereocenters. The number of nitrogens with zero attached hydrogens (tertiary/aromatic N) is 1. The maximum atomic E-state index is 13.4. The second-order valence-corrected chi connectivity index (χ2v) is 10.4. The molecule has 0 aliphatic heterocycles. The van der Waals surface area contributed by atoms with Crippen LogP contribution >= 0.6 is 0 Å². The standard InChI is InChI=1S/C29H40N2O4/c1-6-26(28(33)30-23-11-7-8-12-23)31(19-21-10-9-13-25(18-21)34-5)27(32)20-35-24-16-14-22(15-17-24)29(2,3)4/h9-10,13-18,23,26H,6-8,11-12,19-20H2,1-5H3,(H,30,33)/t26-/m1/s1. The predicted molar refractivity (Wildman–Crippen MR) is 139 cm³/mol. The molecule has 6 heteroatoms. The van der Waals surface area contributed by atoms with Gasteiger partial charge in [-0.2, -0.15) is 0 Å². The molecule has 0 unspecified atom stereocenters. The Labute approximate surface area is 210 Å². The number of hydrogen-bond donors (Lipinski definition) is 1. The lowest BCUT2D eigenvalue weighted by molar-refractivity contribution is -0.143. The van der Waals surface area contributed by atoms with Crippen molar-refractivity contribution in [3.05, 3.63) is 59.7 Å². The van der Waals surface area contributed by atoms with E-state index in [1.807, 2.05) is 55.5 Å². The lowest BCUT2D eigenvalue weighted by Crippen LogP contribution is -2.52. The van der Waals surface area contributed by atoms with Crippen molar-refractivity contribution in [2.24, 2.45) is 0 Å². The first kappa shape index (κ1) is 26.6. The highest BCUT2D eigenvalue weighted by molar-refractivity contribution is 5.88. The molecule has 35 heavy (non-hydrogen) atoms. The van der Waals surface area contributed by atoms with E-state index in [4.69, 9.17) is 9.47 Å². The summed E-state index contributed by atoms with van der Waals surface area (Å²) in [6.07, 6.45) is 4.79. The van der Waals surface area contributed by atoms with Gasteiger partial charge >= 0.3 is 0 Å². The molecule has 2 aromatic carbocycles. The third kappa shape index (κ3) is 7.48. The van der Waals surface area contributed by atoms with Gasteiger partial charge in [-0.25, -0.2) is 0 Å². The van der Waals surface area contributed by atoms with Crippen LogP contribution in [0.3, 0.4) is 0 Å². The van der Waals surface area contributed by atoms with Crippen LogP contribution in [-0.2, 0) is 21.5 Å². The summed E-state index contributed by atoms with van der Waals surface area (Å²) < 4.78 is 11.2. The topological polar surface area (TPSA) is 67.9 Å². The van der Waals surface area contributed by atoms with E-state index in [-0.39, 0.29) is 29.9 Å². The van der Waals surface area contributed by atoms with Gasteiger partial charge in [-0.05, 0) is 60.1 Å². The summed E-state index contributed by atoms with van der Waals surface area (Å²) in [6, 6.07) is 15.1. The molecule has 2 amide bonds. The van der Waals surface area contributed by atoms with Crippen molar-refractivity contribution in [1.82, 2.24) is 10.2 Å². The second-order valence-electron chi connectivity index (χ2n) is 10.4. The van der Waals surface area contributed by atoms with E-state index in [0.29, 0.717) is 24.5 Å². The number of carbonyl (C=O) groups excluding carboxylic acids is 2. The van der Waals surface area contributed by atoms with Crippen molar-refractivity contribution >= 4 is 11.8 Å². The minimum absolute atomic E-state index is 0.0446. The summed E-state index contributed by atoms with van der Waals surface area (Å²) in [5, 5.41) is 3.17. The first-order chi connectivity index (χ1) is 16.7. The number of ether oxygens (including phenoxy) is 2. The van der Waals surface area contributed by atoms with Crippen LogP contribution in [0.1, 0.15) is 70.9 Å². The Morgan fingerprint density at radius 3 is 2.34 bits per heavy atom. The van der Waals surface area contributed by atoms with Crippen molar-refractivity contribution in [1.29, 1.82) is 0 Å². The van der Waals surface area contributed by atoms with Crippen LogP contribution in [-0.4, -0.2) is 42.5 Å². The first-order valence-electron chi connectivity index (χ1n) is 12.7. The zero-order valence-electron chi connectivity index (χ0n) is 21.8. The molecule has 1 aliphatic carbocycles. The Kier molecular flexibility index (Phi) is 9.19. The van der Waals surface area contributed by atoms with Crippen LogP contribution in [0.15, 0.2) is 48.5 Å². The highest BCUT2D eigenvalue weighted by atomic mass is 16.5. The van der Waals surface area contributed by atoms with Gasteiger partial charge in [0, 0.05) is 12.6 Å². The molecule has 190 valence electrons. The van der Waals surface area contributed by atoms with Crippen molar-refractivity contribution in [2.75, 3.05) is 13.7 Å². The van der Waals surface area contributed by atoms with Crippen LogP contribution in [0.25, 0.3) is 0 Å². The third-order valence-corrected chi connectivity index (χ3v) is 6.66.